The number of carbonyl (C=O) groups is 1. The van der Waals surface area contributed by atoms with Crippen molar-refractivity contribution in [2.24, 2.45) is 0 Å². The molecule has 0 saturated heterocycles. The number of benzene rings is 6. The monoisotopic (exact) mass is 842 g/mol. The zero-order chi connectivity index (χ0) is 41.0. The molecule has 0 aromatic heterocycles. The second kappa shape index (κ2) is 14.3. The number of urea groups is 1. The molecule has 0 aliphatic rings. The van der Waals surface area contributed by atoms with Gasteiger partial charge in [0, 0.05) is 32.9 Å². The molecule has 0 saturated carbocycles. The maximum absolute atomic E-state index is 13.6. The lowest BCUT2D eigenvalue weighted by Crippen LogP contribution is -2.21. The van der Waals surface area contributed by atoms with Crippen LogP contribution in [-0.4, -0.2) is 59.0 Å². The van der Waals surface area contributed by atoms with Gasteiger partial charge in [0.25, 0.3) is 40.3 Å². The van der Waals surface area contributed by atoms with E-state index in [4.69, 9.17) is 0 Å². The first-order chi connectivity index (χ1) is 26.0. The maximum atomic E-state index is 13.6. The molecule has 17 nitrogen and oxygen atoms in total. The number of nitrogens with one attached hydrogen (secondary N) is 4. The molecule has 8 N–H and O–H groups in total. The Bertz CT molecular complexity index is 2880. The third kappa shape index (κ3) is 8.17. The molecule has 0 atom stereocenters. The van der Waals surface area contributed by atoms with E-state index in [1.807, 2.05) is 0 Å². The fraction of sp³-hybridized carbons (Fsp3) is 0.0571. The zero-order valence-corrected chi connectivity index (χ0v) is 32.1. The van der Waals surface area contributed by atoms with Crippen molar-refractivity contribution in [3.05, 3.63) is 108 Å². The van der Waals surface area contributed by atoms with Crippen LogP contribution in [0.3, 0.4) is 0 Å². The van der Waals surface area contributed by atoms with E-state index in [-0.39, 0.29) is 76.7 Å². The number of hydrogen-bond donors (Lipinski definition) is 8. The highest BCUT2D eigenvalue weighted by molar-refractivity contribution is 7.93. The molecule has 0 unspecified atom stereocenters. The van der Waals surface area contributed by atoms with E-state index in [1.165, 1.54) is 62.4 Å². The number of hydrogen-bond acceptors (Lipinski definition) is 11. The Morgan fingerprint density at radius 2 is 0.839 bits per heavy atom. The molecular weight excluding hydrogens is 813 g/mol. The summed E-state index contributed by atoms with van der Waals surface area (Å²) in [5.74, 6) is -0.670. The molecule has 0 spiro atoms. The molecule has 6 aromatic rings. The van der Waals surface area contributed by atoms with E-state index in [0.717, 1.165) is 48.5 Å². The normalized spacial score (nSPS) is 12.4. The van der Waals surface area contributed by atoms with Gasteiger partial charge in [-0.2, -0.15) is 16.8 Å². The molecule has 21 heteroatoms. The van der Waals surface area contributed by atoms with Gasteiger partial charge in [-0.3, -0.25) is 18.5 Å². The maximum Gasteiger partial charge on any atom is 0.323 e. The Labute approximate surface area is 320 Å². The molecule has 6 aromatic carbocycles. The molecule has 0 fully saturated rings. The summed E-state index contributed by atoms with van der Waals surface area (Å²) in [4.78, 5) is 11.4. The van der Waals surface area contributed by atoms with Crippen LogP contribution in [0.2, 0.25) is 0 Å². The SMILES string of the molecule is Cc1ccc(NC(=O)Nc2ccc(C)c(S(=O)(=O)Nc3ccc(S(=O)(=O)O)c4cc(O)ccc34)c2)cc1S(=O)(=O)Nc1ccc(S(=O)(=O)O)c2cc(O)ccc12. The highest BCUT2D eigenvalue weighted by atomic mass is 32.2. The first-order valence-electron chi connectivity index (χ1n) is 15.8. The summed E-state index contributed by atoms with van der Waals surface area (Å²) in [5, 5.41) is 24.6. The quantitative estimate of drug-likeness (QED) is 0.0763. The van der Waals surface area contributed by atoms with Crippen LogP contribution in [0, 0.1) is 13.8 Å². The molecule has 56 heavy (non-hydrogen) atoms. The predicted octanol–water partition coefficient (Wildman–Crippen LogP) is 5.76. The van der Waals surface area contributed by atoms with Crippen molar-refractivity contribution < 1.29 is 57.8 Å². The van der Waals surface area contributed by atoms with Crippen molar-refractivity contribution in [3.63, 3.8) is 0 Å². The molecule has 0 heterocycles. The molecule has 0 aliphatic heterocycles. The average Bonchev–Trinajstić information content (AvgIpc) is 3.08. The Morgan fingerprint density at radius 3 is 1.20 bits per heavy atom. The lowest BCUT2D eigenvalue weighted by Gasteiger charge is -2.16. The van der Waals surface area contributed by atoms with Crippen molar-refractivity contribution in [2.75, 3.05) is 20.1 Å². The molecule has 0 aliphatic carbocycles. The minimum Gasteiger partial charge on any atom is -0.508 e. The third-order valence-corrected chi connectivity index (χ3v) is 13.3. The second-order valence-electron chi connectivity index (χ2n) is 12.4. The van der Waals surface area contributed by atoms with Crippen LogP contribution < -0.4 is 20.1 Å². The van der Waals surface area contributed by atoms with Crippen LogP contribution in [-0.2, 0) is 40.3 Å². The summed E-state index contributed by atoms with van der Waals surface area (Å²) in [6, 6.07) is 18.3. The number of phenols is 2. The van der Waals surface area contributed by atoms with Crippen LogP contribution in [0.1, 0.15) is 11.1 Å². The first-order valence-corrected chi connectivity index (χ1v) is 21.7. The van der Waals surface area contributed by atoms with Crippen LogP contribution in [0.15, 0.2) is 117 Å². The molecule has 0 bridgehead atoms. The highest BCUT2D eigenvalue weighted by Gasteiger charge is 2.24. The topological polar surface area (TPSA) is 283 Å². The van der Waals surface area contributed by atoms with E-state index >= 15 is 0 Å². The Kier molecular flexibility index (Phi) is 10.1. The van der Waals surface area contributed by atoms with E-state index in [1.54, 1.807) is 0 Å². The summed E-state index contributed by atoms with van der Waals surface area (Å²) < 4.78 is 126. The molecule has 6 rings (SSSR count). The first kappa shape index (κ1) is 39.7. The van der Waals surface area contributed by atoms with Crippen LogP contribution in [0.4, 0.5) is 27.5 Å². The minimum absolute atomic E-state index is 0.0119. The number of sulfonamides is 2. The Hall–Kier alpha value is -5.97. The summed E-state index contributed by atoms with van der Waals surface area (Å²) in [6.45, 7) is 2.99. The summed E-state index contributed by atoms with van der Waals surface area (Å²) in [5.41, 5.74) is 0.391. The van der Waals surface area contributed by atoms with Gasteiger partial charge in [-0.15, -0.1) is 0 Å². The summed E-state index contributed by atoms with van der Waals surface area (Å²) in [6.07, 6.45) is 0. The number of anilines is 4. The largest absolute Gasteiger partial charge is 0.508 e. The number of fused-ring (bicyclic) bond motifs is 2. The van der Waals surface area contributed by atoms with Gasteiger partial charge in [0.1, 0.15) is 21.3 Å². The van der Waals surface area contributed by atoms with Crippen molar-refractivity contribution in [2.45, 2.75) is 33.4 Å². The van der Waals surface area contributed by atoms with Gasteiger partial charge < -0.3 is 20.8 Å². The van der Waals surface area contributed by atoms with Crippen molar-refractivity contribution in [3.8, 4) is 11.5 Å². The summed E-state index contributed by atoms with van der Waals surface area (Å²) >= 11 is 0. The number of carbonyl (C=O) groups excluding carboxylic acids is 1. The molecule has 2 amide bonds. The van der Waals surface area contributed by atoms with Gasteiger partial charge >= 0.3 is 6.03 Å². The predicted molar refractivity (Wildman–Crippen MR) is 207 cm³/mol. The molecule has 0 radical (unpaired) electrons. The van der Waals surface area contributed by atoms with Gasteiger partial charge in [-0.25, -0.2) is 21.6 Å². The number of aromatic hydroxyl groups is 2. The smallest absolute Gasteiger partial charge is 0.323 e. The fourth-order valence-corrected chi connectivity index (χ4v) is 9.95. The third-order valence-electron chi connectivity index (χ3n) is 8.44. The summed E-state index contributed by atoms with van der Waals surface area (Å²) in [7, 11) is -18.3. The molecule has 292 valence electrons. The lowest BCUT2D eigenvalue weighted by molar-refractivity contribution is 0.262. The van der Waals surface area contributed by atoms with Gasteiger partial charge in [0.15, 0.2) is 0 Å². The van der Waals surface area contributed by atoms with Crippen molar-refractivity contribution >= 4 is 90.6 Å². The van der Waals surface area contributed by atoms with E-state index in [2.05, 4.69) is 20.1 Å². The Morgan fingerprint density at radius 1 is 0.464 bits per heavy atom. The van der Waals surface area contributed by atoms with E-state index in [9.17, 15) is 57.8 Å². The fourth-order valence-electron chi connectivity index (χ4n) is 5.87. The Balaban J connectivity index is 1.23. The van der Waals surface area contributed by atoms with Gasteiger partial charge in [-0.1, -0.05) is 12.1 Å². The van der Waals surface area contributed by atoms with Gasteiger partial charge in [-0.05, 0) is 110 Å². The van der Waals surface area contributed by atoms with E-state index in [0.29, 0.717) is 0 Å². The van der Waals surface area contributed by atoms with Crippen molar-refractivity contribution in [1.82, 2.24) is 0 Å². The van der Waals surface area contributed by atoms with Gasteiger partial charge in [0.2, 0.25) is 0 Å². The van der Waals surface area contributed by atoms with Crippen LogP contribution in [0.5, 0.6) is 11.5 Å². The van der Waals surface area contributed by atoms with Crippen molar-refractivity contribution in [1.29, 1.82) is 0 Å². The van der Waals surface area contributed by atoms with Gasteiger partial charge in [0.05, 0.1) is 21.2 Å². The number of amides is 2. The minimum atomic E-state index is -4.74. The zero-order valence-electron chi connectivity index (χ0n) is 28.8. The highest BCUT2D eigenvalue weighted by Crippen LogP contribution is 2.36. The lowest BCUT2D eigenvalue weighted by atomic mass is 10.1. The number of rotatable bonds is 10. The second-order valence-corrected chi connectivity index (χ2v) is 18.5. The molecular formula is C35H30N4O13S4. The number of phenolic OH excluding ortho intramolecular Hbond substituents is 2. The number of aryl methyl sites for hydroxylation is 2. The average molecular weight is 843 g/mol. The van der Waals surface area contributed by atoms with E-state index < -0.39 is 56.1 Å². The van der Waals surface area contributed by atoms with Crippen LogP contribution >= 0.6 is 0 Å². The standard InChI is InChI=1S/C35H30N4O13S4/c1-19-3-5-21(15-33(19)53(43,44)38-29-11-13-31(55(47,48)49)27-17-23(40)7-9-25(27)29)36-35(42)37-22-6-4-20(2)34(16-22)54(45,46)39-30-12-14-32(56(50,51)52)28-18-24(41)8-10-26(28)30/h3-18,38-41H,1-2H3,(H2,36,37,42)(H,47,48,49)(H,50,51,52). The van der Waals surface area contributed by atoms with Crippen LogP contribution in [0.25, 0.3) is 21.5 Å².